The molecule has 0 aromatic carbocycles. The second-order valence-corrected chi connectivity index (χ2v) is 3.42. The van der Waals surface area contributed by atoms with Crippen LogP contribution in [0.2, 0.25) is 0 Å². The molecule has 0 aliphatic carbocycles. The Bertz CT molecular complexity index is 121. The number of nitrogens with one attached hydrogen (secondary N) is 1. The van der Waals surface area contributed by atoms with Crippen molar-refractivity contribution in [3.63, 3.8) is 0 Å². The number of rotatable bonds is 1. The van der Waals surface area contributed by atoms with Crippen LogP contribution >= 0.6 is 11.8 Å². The first-order chi connectivity index (χ1) is 4.80. The maximum Gasteiger partial charge on any atom is 0.321 e. The highest BCUT2D eigenvalue weighted by molar-refractivity contribution is 7.99. The molecule has 58 valence electrons. The van der Waals surface area contributed by atoms with Gasteiger partial charge in [-0.15, -0.1) is 0 Å². The van der Waals surface area contributed by atoms with E-state index < -0.39 is 5.97 Å². The predicted molar refractivity (Wildman–Crippen MR) is 41.4 cm³/mol. The van der Waals surface area contributed by atoms with Crippen LogP contribution in [-0.4, -0.2) is 35.2 Å². The van der Waals surface area contributed by atoms with E-state index in [1.165, 1.54) is 0 Å². The van der Waals surface area contributed by atoms with Gasteiger partial charge < -0.3 is 10.4 Å². The van der Waals surface area contributed by atoms with Crippen molar-refractivity contribution in [1.29, 1.82) is 0 Å². The summed E-state index contributed by atoms with van der Waals surface area (Å²) in [4.78, 5) is 10.4. The molecule has 3 nitrogen and oxygen atoms in total. The topological polar surface area (TPSA) is 49.3 Å². The van der Waals surface area contributed by atoms with Crippen LogP contribution in [0.5, 0.6) is 0 Å². The van der Waals surface area contributed by atoms with Crippen LogP contribution in [-0.2, 0) is 4.79 Å². The molecule has 0 amide bonds. The summed E-state index contributed by atoms with van der Waals surface area (Å²) in [7, 11) is 0. The highest BCUT2D eigenvalue weighted by Crippen LogP contribution is 2.08. The molecule has 10 heavy (non-hydrogen) atoms. The lowest BCUT2D eigenvalue weighted by atomic mass is 10.3. The van der Waals surface area contributed by atoms with E-state index in [-0.39, 0.29) is 6.04 Å². The molecule has 1 aliphatic rings. The summed E-state index contributed by atoms with van der Waals surface area (Å²) in [5.74, 6) is 1.06. The zero-order valence-electron chi connectivity index (χ0n) is 5.67. The molecule has 1 heterocycles. The molecule has 1 rings (SSSR count). The van der Waals surface area contributed by atoms with E-state index >= 15 is 0 Å². The van der Waals surface area contributed by atoms with Crippen LogP contribution in [0.25, 0.3) is 0 Å². The minimum Gasteiger partial charge on any atom is -0.480 e. The summed E-state index contributed by atoms with van der Waals surface area (Å²) in [6.07, 6.45) is 1.08. The van der Waals surface area contributed by atoms with Gasteiger partial charge in [0, 0.05) is 5.75 Å². The molecular weight excluding hydrogens is 150 g/mol. The minimum absolute atomic E-state index is 0.326. The van der Waals surface area contributed by atoms with E-state index in [4.69, 9.17) is 5.11 Å². The molecule has 0 spiro atoms. The first kappa shape index (κ1) is 7.88. The average molecular weight is 161 g/mol. The summed E-state index contributed by atoms with van der Waals surface area (Å²) >= 11 is 1.71. The highest BCUT2D eigenvalue weighted by atomic mass is 32.2. The fraction of sp³-hybridized carbons (Fsp3) is 0.833. The number of carbonyl (C=O) groups is 1. The van der Waals surface area contributed by atoms with Crippen molar-refractivity contribution >= 4 is 17.7 Å². The van der Waals surface area contributed by atoms with Gasteiger partial charge in [0.2, 0.25) is 0 Å². The minimum atomic E-state index is -0.727. The van der Waals surface area contributed by atoms with E-state index in [0.717, 1.165) is 18.7 Å². The quantitative estimate of drug-likeness (QED) is 0.575. The number of carboxylic acids is 1. The van der Waals surface area contributed by atoms with Gasteiger partial charge in [-0.1, -0.05) is 0 Å². The van der Waals surface area contributed by atoms with Crippen molar-refractivity contribution in [2.45, 2.75) is 12.5 Å². The molecule has 1 saturated heterocycles. The zero-order chi connectivity index (χ0) is 7.40. The highest BCUT2D eigenvalue weighted by Gasteiger charge is 2.17. The van der Waals surface area contributed by atoms with Crippen molar-refractivity contribution in [1.82, 2.24) is 5.32 Å². The second-order valence-electron chi connectivity index (χ2n) is 2.27. The van der Waals surface area contributed by atoms with Crippen LogP contribution in [0.15, 0.2) is 0 Å². The number of hydrogen-bond acceptors (Lipinski definition) is 3. The van der Waals surface area contributed by atoms with Crippen LogP contribution < -0.4 is 5.32 Å². The van der Waals surface area contributed by atoms with Gasteiger partial charge in [0.05, 0.1) is 0 Å². The lowest BCUT2D eigenvalue weighted by Crippen LogP contribution is -2.37. The third-order valence-corrected chi connectivity index (χ3v) is 2.59. The SMILES string of the molecule is O=C(O)[C@H]1CSCCCN1. The van der Waals surface area contributed by atoms with Crippen molar-refractivity contribution < 1.29 is 9.90 Å². The normalized spacial score (nSPS) is 27.4. The number of carboxylic acid groups (broad SMARTS) is 1. The van der Waals surface area contributed by atoms with Gasteiger partial charge in [-0.2, -0.15) is 11.8 Å². The maximum atomic E-state index is 10.4. The fourth-order valence-corrected chi connectivity index (χ4v) is 1.88. The Labute approximate surface area is 64.2 Å². The Balaban J connectivity index is 2.35. The summed E-state index contributed by atoms with van der Waals surface area (Å²) in [5.41, 5.74) is 0. The standard InChI is InChI=1S/C6H11NO2S/c8-6(9)5-4-10-3-1-2-7-5/h5,7H,1-4H2,(H,8,9)/t5-/m1/s1. The van der Waals surface area contributed by atoms with Crippen molar-refractivity contribution in [2.24, 2.45) is 0 Å². The molecule has 0 bridgehead atoms. The molecule has 0 radical (unpaired) electrons. The van der Waals surface area contributed by atoms with E-state index in [0.29, 0.717) is 5.75 Å². The van der Waals surface area contributed by atoms with Gasteiger partial charge in [-0.3, -0.25) is 4.79 Å². The summed E-state index contributed by atoms with van der Waals surface area (Å²) in [6.45, 7) is 0.837. The summed E-state index contributed by atoms with van der Waals surface area (Å²) < 4.78 is 0. The molecule has 1 fully saturated rings. The van der Waals surface area contributed by atoms with Crippen LogP contribution in [0.4, 0.5) is 0 Å². The molecule has 0 aromatic heterocycles. The van der Waals surface area contributed by atoms with E-state index in [9.17, 15) is 4.79 Å². The maximum absolute atomic E-state index is 10.4. The van der Waals surface area contributed by atoms with E-state index in [2.05, 4.69) is 5.32 Å². The van der Waals surface area contributed by atoms with Crippen LogP contribution in [0.3, 0.4) is 0 Å². The van der Waals surface area contributed by atoms with Gasteiger partial charge in [0.25, 0.3) is 0 Å². The van der Waals surface area contributed by atoms with Crippen molar-refractivity contribution in [3.05, 3.63) is 0 Å². The van der Waals surface area contributed by atoms with E-state index in [1.807, 2.05) is 0 Å². The summed E-state index contributed by atoms with van der Waals surface area (Å²) in [6, 6.07) is -0.326. The number of thioether (sulfide) groups is 1. The van der Waals surface area contributed by atoms with Crippen molar-refractivity contribution in [3.8, 4) is 0 Å². The number of hydrogen-bond donors (Lipinski definition) is 2. The Hall–Kier alpha value is -0.220. The lowest BCUT2D eigenvalue weighted by molar-refractivity contribution is -0.138. The smallest absolute Gasteiger partial charge is 0.321 e. The molecule has 4 heteroatoms. The first-order valence-corrected chi connectivity index (χ1v) is 4.50. The molecule has 1 atom stereocenters. The average Bonchev–Trinajstić information content (AvgIpc) is 2.12. The molecule has 0 unspecified atom stereocenters. The zero-order valence-corrected chi connectivity index (χ0v) is 6.49. The molecule has 0 aromatic rings. The fourth-order valence-electron chi connectivity index (χ4n) is 0.869. The Morgan fingerprint density at radius 3 is 3.20 bits per heavy atom. The van der Waals surface area contributed by atoms with Gasteiger partial charge in [-0.25, -0.2) is 0 Å². The third kappa shape index (κ3) is 2.19. The van der Waals surface area contributed by atoms with Crippen LogP contribution in [0, 0.1) is 0 Å². The number of aliphatic carboxylic acids is 1. The predicted octanol–water partition coefficient (Wildman–Crippen LogP) is 0.166. The Kier molecular flexibility index (Phi) is 3.02. The second kappa shape index (κ2) is 3.83. The summed E-state index contributed by atoms with van der Waals surface area (Å²) in [5, 5.41) is 11.5. The largest absolute Gasteiger partial charge is 0.480 e. The molecule has 2 N–H and O–H groups in total. The third-order valence-electron chi connectivity index (χ3n) is 1.44. The van der Waals surface area contributed by atoms with Crippen molar-refractivity contribution in [2.75, 3.05) is 18.1 Å². The van der Waals surface area contributed by atoms with Gasteiger partial charge in [0.15, 0.2) is 0 Å². The van der Waals surface area contributed by atoms with Gasteiger partial charge in [0.1, 0.15) is 6.04 Å². The Morgan fingerprint density at radius 1 is 1.70 bits per heavy atom. The van der Waals surface area contributed by atoms with Gasteiger partial charge in [-0.05, 0) is 18.7 Å². The molecular formula is C6H11NO2S. The Morgan fingerprint density at radius 2 is 2.50 bits per heavy atom. The molecule has 1 aliphatic heterocycles. The molecule has 0 saturated carbocycles. The van der Waals surface area contributed by atoms with Gasteiger partial charge >= 0.3 is 5.97 Å². The lowest BCUT2D eigenvalue weighted by Gasteiger charge is -2.07. The first-order valence-electron chi connectivity index (χ1n) is 3.34. The monoisotopic (exact) mass is 161 g/mol. The van der Waals surface area contributed by atoms with E-state index in [1.54, 1.807) is 11.8 Å². The van der Waals surface area contributed by atoms with Crippen LogP contribution in [0.1, 0.15) is 6.42 Å².